The van der Waals surface area contributed by atoms with Gasteiger partial charge in [-0.3, -0.25) is 9.59 Å². The van der Waals surface area contributed by atoms with E-state index in [-0.39, 0.29) is 12.2 Å². The molecule has 0 spiro atoms. The zero-order chi connectivity index (χ0) is 15.6. The average Bonchev–Trinajstić information content (AvgIpc) is 3.20. The molecule has 1 unspecified atom stereocenters. The van der Waals surface area contributed by atoms with Crippen molar-refractivity contribution in [1.82, 2.24) is 5.32 Å². The lowest BCUT2D eigenvalue weighted by Gasteiger charge is -2.15. The highest BCUT2D eigenvalue weighted by atomic mass is 16.6. The lowest BCUT2D eigenvalue weighted by molar-refractivity contribution is -0.138. The van der Waals surface area contributed by atoms with Crippen molar-refractivity contribution in [3.05, 3.63) is 29.8 Å². The van der Waals surface area contributed by atoms with E-state index in [2.05, 4.69) is 5.32 Å². The fraction of sp³-hybridized carbons (Fsp3) is 0.308. The number of nitrogens with one attached hydrogen (secondary N) is 1. The fourth-order valence-corrected chi connectivity index (χ4v) is 1.84. The Morgan fingerprint density at radius 3 is 2.33 bits per heavy atom. The first-order valence-electron chi connectivity index (χ1n) is 6.14. The minimum atomic E-state index is -1.23. The summed E-state index contributed by atoms with van der Waals surface area (Å²) >= 11 is 0. The molecular formula is C13H14N2O6. The van der Waals surface area contributed by atoms with Gasteiger partial charge < -0.3 is 26.0 Å². The number of rotatable bonds is 6. The lowest BCUT2D eigenvalue weighted by Crippen LogP contribution is -2.47. The largest absolute Gasteiger partial charge is 0.508 e. The number of aliphatic carboxylic acids is 1. The zero-order valence-electron chi connectivity index (χ0n) is 10.9. The predicted octanol–water partition coefficient (Wildman–Crippen LogP) is -1.24. The number of primary amides is 1. The zero-order valence-corrected chi connectivity index (χ0v) is 10.9. The van der Waals surface area contributed by atoms with Gasteiger partial charge in [-0.1, -0.05) is 12.1 Å². The normalized spacial score (nSPS) is 21.3. The molecule has 1 saturated heterocycles. The quantitative estimate of drug-likeness (QED) is 0.483. The summed E-state index contributed by atoms with van der Waals surface area (Å²) in [6.45, 7) is 0. The van der Waals surface area contributed by atoms with E-state index in [1.165, 1.54) is 12.1 Å². The van der Waals surface area contributed by atoms with E-state index in [4.69, 9.17) is 15.6 Å². The third kappa shape index (κ3) is 3.69. The molecule has 1 fully saturated rings. The van der Waals surface area contributed by atoms with Crippen LogP contribution in [0.1, 0.15) is 5.56 Å². The Labute approximate surface area is 119 Å². The number of carbonyl (C=O) groups excluding carboxylic acids is 2. The molecule has 1 aliphatic heterocycles. The molecule has 0 aliphatic carbocycles. The van der Waals surface area contributed by atoms with Gasteiger partial charge in [0.1, 0.15) is 11.8 Å². The van der Waals surface area contributed by atoms with Crippen molar-refractivity contribution in [2.45, 2.75) is 24.7 Å². The maximum atomic E-state index is 11.7. The molecule has 0 aromatic heterocycles. The van der Waals surface area contributed by atoms with Crippen LogP contribution in [0.25, 0.3) is 0 Å². The molecule has 0 saturated carbocycles. The summed E-state index contributed by atoms with van der Waals surface area (Å²) in [5.74, 6) is -2.59. The maximum Gasteiger partial charge on any atom is 0.336 e. The second-order valence-corrected chi connectivity index (χ2v) is 4.65. The van der Waals surface area contributed by atoms with Crippen molar-refractivity contribution in [2.24, 2.45) is 5.73 Å². The Balaban J connectivity index is 1.97. The summed E-state index contributed by atoms with van der Waals surface area (Å²) in [5, 5.41) is 20.2. The first kappa shape index (κ1) is 14.8. The molecule has 0 bridgehead atoms. The molecule has 5 N–H and O–H groups in total. The molecule has 112 valence electrons. The molecule has 1 aliphatic rings. The summed E-state index contributed by atoms with van der Waals surface area (Å²) in [6.07, 6.45) is -2.14. The molecule has 2 amide bonds. The Morgan fingerprint density at radius 1 is 1.24 bits per heavy atom. The van der Waals surface area contributed by atoms with Gasteiger partial charge in [0.2, 0.25) is 5.91 Å². The number of carboxylic acids is 1. The number of epoxide rings is 1. The number of benzene rings is 1. The SMILES string of the molecule is NC(=O)C(Cc1ccc(O)cc1)NC(=O)[C@H]1O[C@@H]1C(=O)O. The minimum Gasteiger partial charge on any atom is -0.508 e. The molecule has 3 atom stereocenters. The van der Waals surface area contributed by atoms with Gasteiger partial charge in [-0.25, -0.2) is 4.79 Å². The predicted molar refractivity (Wildman–Crippen MR) is 69.2 cm³/mol. The second kappa shape index (κ2) is 5.80. The Kier molecular flexibility index (Phi) is 4.08. The van der Waals surface area contributed by atoms with E-state index >= 15 is 0 Å². The number of amides is 2. The summed E-state index contributed by atoms with van der Waals surface area (Å²) < 4.78 is 4.69. The monoisotopic (exact) mass is 294 g/mol. The van der Waals surface area contributed by atoms with Crippen LogP contribution in [-0.4, -0.2) is 46.2 Å². The van der Waals surface area contributed by atoms with E-state index in [1.807, 2.05) is 0 Å². The summed E-state index contributed by atoms with van der Waals surface area (Å²) in [5.41, 5.74) is 5.90. The van der Waals surface area contributed by atoms with Crippen molar-refractivity contribution < 1.29 is 29.3 Å². The van der Waals surface area contributed by atoms with Gasteiger partial charge >= 0.3 is 5.97 Å². The van der Waals surface area contributed by atoms with Crippen LogP contribution < -0.4 is 11.1 Å². The third-order valence-electron chi connectivity index (χ3n) is 3.03. The minimum absolute atomic E-state index is 0.0779. The van der Waals surface area contributed by atoms with Crippen molar-refractivity contribution in [3.8, 4) is 5.75 Å². The molecular weight excluding hydrogens is 280 g/mol. The number of phenolic OH excluding ortho intramolecular Hbond substituents is 1. The second-order valence-electron chi connectivity index (χ2n) is 4.65. The van der Waals surface area contributed by atoms with E-state index in [1.54, 1.807) is 12.1 Å². The van der Waals surface area contributed by atoms with Gasteiger partial charge in [0.25, 0.3) is 5.91 Å². The molecule has 1 aromatic rings. The van der Waals surface area contributed by atoms with Crippen molar-refractivity contribution in [1.29, 1.82) is 0 Å². The number of phenols is 1. The topological polar surface area (TPSA) is 142 Å². The van der Waals surface area contributed by atoms with E-state index in [9.17, 15) is 19.5 Å². The molecule has 1 heterocycles. The number of nitrogens with two attached hydrogens (primary N) is 1. The highest BCUT2D eigenvalue weighted by molar-refractivity contribution is 5.94. The molecule has 0 radical (unpaired) electrons. The van der Waals surface area contributed by atoms with E-state index < -0.39 is 36.0 Å². The van der Waals surface area contributed by atoms with Crippen molar-refractivity contribution in [2.75, 3.05) is 0 Å². The van der Waals surface area contributed by atoms with Crippen LogP contribution in [0.4, 0.5) is 0 Å². The van der Waals surface area contributed by atoms with Gasteiger partial charge in [0.05, 0.1) is 0 Å². The Bertz CT molecular complexity index is 571. The molecule has 1 aromatic carbocycles. The van der Waals surface area contributed by atoms with Gasteiger partial charge in [-0.15, -0.1) is 0 Å². The summed E-state index contributed by atoms with van der Waals surface area (Å²) in [4.78, 5) is 33.7. The highest BCUT2D eigenvalue weighted by Crippen LogP contribution is 2.22. The average molecular weight is 294 g/mol. The van der Waals surface area contributed by atoms with Crippen molar-refractivity contribution >= 4 is 17.8 Å². The number of aromatic hydroxyl groups is 1. The van der Waals surface area contributed by atoms with Crippen molar-refractivity contribution in [3.63, 3.8) is 0 Å². The molecule has 2 rings (SSSR count). The number of carboxylic acid groups (broad SMARTS) is 1. The standard InChI is InChI=1S/C13H14N2O6/c14-11(17)8(5-6-1-3-7(16)4-2-6)15-12(18)9-10(21-9)13(19)20/h1-4,8-10,16H,5H2,(H2,14,17)(H,15,18)(H,19,20)/t8?,9-,10-/m0/s1. The fourth-order valence-electron chi connectivity index (χ4n) is 1.84. The van der Waals surface area contributed by atoms with Crippen LogP contribution >= 0.6 is 0 Å². The smallest absolute Gasteiger partial charge is 0.336 e. The molecule has 8 heteroatoms. The first-order valence-corrected chi connectivity index (χ1v) is 6.14. The van der Waals surface area contributed by atoms with Crippen LogP contribution in [0.3, 0.4) is 0 Å². The van der Waals surface area contributed by atoms with Gasteiger partial charge in [-0.05, 0) is 17.7 Å². The van der Waals surface area contributed by atoms with Gasteiger partial charge in [0.15, 0.2) is 12.2 Å². The first-order chi connectivity index (χ1) is 9.88. The Morgan fingerprint density at radius 2 is 1.86 bits per heavy atom. The van der Waals surface area contributed by atoms with E-state index in [0.717, 1.165) is 0 Å². The van der Waals surface area contributed by atoms with E-state index in [0.29, 0.717) is 5.56 Å². The highest BCUT2D eigenvalue weighted by Gasteiger charge is 2.51. The number of hydrogen-bond donors (Lipinski definition) is 4. The lowest BCUT2D eigenvalue weighted by atomic mass is 10.0. The Hall–Kier alpha value is -2.61. The molecule has 21 heavy (non-hydrogen) atoms. The number of carbonyl (C=O) groups is 3. The maximum absolute atomic E-state index is 11.7. The van der Waals surface area contributed by atoms with Gasteiger partial charge in [0, 0.05) is 6.42 Å². The summed E-state index contributed by atoms with van der Waals surface area (Å²) in [6, 6.07) is 5.08. The van der Waals surface area contributed by atoms with Crippen LogP contribution in [0.2, 0.25) is 0 Å². The van der Waals surface area contributed by atoms with Gasteiger partial charge in [-0.2, -0.15) is 0 Å². The van der Waals surface area contributed by atoms with Crippen LogP contribution in [0.5, 0.6) is 5.75 Å². The van der Waals surface area contributed by atoms with Crippen LogP contribution in [0.15, 0.2) is 24.3 Å². The van der Waals surface area contributed by atoms with Crippen LogP contribution in [0, 0.1) is 0 Å². The summed E-state index contributed by atoms with van der Waals surface area (Å²) in [7, 11) is 0. The number of hydrogen-bond acceptors (Lipinski definition) is 5. The van der Waals surface area contributed by atoms with Crippen LogP contribution in [-0.2, 0) is 25.5 Å². The molecule has 8 nitrogen and oxygen atoms in total. The number of ether oxygens (including phenoxy) is 1. The third-order valence-corrected chi connectivity index (χ3v) is 3.03.